The Morgan fingerprint density at radius 3 is 2.83 bits per heavy atom. The smallest absolute Gasteiger partial charge is 0.263 e. The molecule has 0 bridgehead atoms. The highest BCUT2D eigenvalue weighted by atomic mass is 32.1. The maximum atomic E-state index is 12.8. The largest absolute Gasteiger partial charge is 0.396 e. The van der Waals surface area contributed by atoms with Crippen LogP contribution in [0.5, 0.6) is 0 Å². The average Bonchev–Trinajstić information content (AvgIpc) is 2.50. The SMILES string of the molecule is OC[C@@H]1[C@@H](c2nccs2)C1(F)F. The lowest BCUT2D eigenvalue weighted by Crippen LogP contribution is -1.97. The second-order valence-electron chi connectivity index (χ2n) is 2.81. The lowest BCUT2D eigenvalue weighted by molar-refractivity contribution is 0.0785. The highest BCUT2D eigenvalue weighted by Crippen LogP contribution is 2.61. The van der Waals surface area contributed by atoms with Gasteiger partial charge in [0.05, 0.1) is 18.4 Å². The predicted octanol–water partition coefficient (Wildman–Crippen LogP) is 1.48. The monoisotopic (exact) mass is 191 g/mol. The minimum Gasteiger partial charge on any atom is -0.396 e. The van der Waals surface area contributed by atoms with Gasteiger partial charge < -0.3 is 5.11 Å². The first kappa shape index (κ1) is 8.07. The van der Waals surface area contributed by atoms with Crippen LogP contribution >= 0.6 is 11.3 Å². The van der Waals surface area contributed by atoms with Crippen LogP contribution in [-0.4, -0.2) is 22.6 Å². The van der Waals surface area contributed by atoms with Crippen molar-refractivity contribution in [1.82, 2.24) is 4.98 Å². The first-order valence-corrected chi connectivity index (χ1v) is 4.44. The van der Waals surface area contributed by atoms with Crippen LogP contribution in [0, 0.1) is 5.92 Å². The van der Waals surface area contributed by atoms with Gasteiger partial charge in [-0.1, -0.05) is 0 Å². The molecule has 1 heterocycles. The molecule has 2 atom stereocenters. The number of hydrogen-bond acceptors (Lipinski definition) is 3. The summed E-state index contributed by atoms with van der Waals surface area (Å²) in [7, 11) is 0. The van der Waals surface area contributed by atoms with E-state index in [-0.39, 0.29) is 0 Å². The fourth-order valence-corrected chi connectivity index (χ4v) is 2.19. The van der Waals surface area contributed by atoms with Crippen LogP contribution in [0.2, 0.25) is 0 Å². The first-order valence-electron chi connectivity index (χ1n) is 3.56. The molecule has 1 fully saturated rings. The number of alkyl halides is 2. The zero-order valence-electron chi connectivity index (χ0n) is 6.08. The standard InChI is InChI=1S/C7H7F2NOS/c8-7(9)4(3-11)5(7)6-10-1-2-12-6/h1-2,4-5,11H,3H2/t4-,5+/m1/s1. The number of nitrogens with zero attached hydrogens (tertiary/aromatic N) is 1. The predicted molar refractivity (Wildman–Crippen MR) is 40.4 cm³/mol. The van der Waals surface area contributed by atoms with Gasteiger partial charge in [0.1, 0.15) is 5.01 Å². The van der Waals surface area contributed by atoms with Gasteiger partial charge in [-0.05, 0) is 0 Å². The fraction of sp³-hybridized carbons (Fsp3) is 0.571. The summed E-state index contributed by atoms with van der Waals surface area (Å²) in [5.74, 6) is -4.50. The molecule has 1 N–H and O–H groups in total. The normalized spacial score (nSPS) is 31.9. The fourth-order valence-electron chi connectivity index (χ4n) is 1.34. The highest BCUT2D eigenvalue weighted by Gasteiger charge is 2.69. The maximum absolute atomic E-state index is 12.8. The van der Waals surface area contributed by atoms with Crippen molar-refractivity contribution in [2.45, 2.75) is 11.8 Å². The third-order valence-corrected chi connectivity index (χ3v) is 2.98. The van der Waals surface area contributed by atoms with Gasteiger partial charge in [-0.2, -0.15) is 0 Å². The van der Waals surface area contributed by atoms with E-state index >= 15 is 0 Å². The maximum Gasteiger partial charge on any atom is 0.263 e. The van der Waals surface area contributed by atoms with Crippen LogP contribution in [0.4, 0.5) is 8.78 Å². The Bertz CT molecular complexity index is 275. The summed E-state index contributed by atoms with van der Waals surface area (Å²) in [6.07, 6.45) is 1.50. The van der Waals surface area contributed by atoms with Crippen molar-refractivity contribution >= 4 is 11.3 Å². The zero-order chi connectivity index (χ0) is 8.77. The number of aliphatic hydroxyl groups is 1. The van der Waals surface area contributed by atoms with E-state index in [1.807, 2.05) is 0 Å². The summed E-state index contributed by atoms with van der Waals surface area (Å²) in [6, 6.07) is 0. The Kier molecular flexibility index (Phi) is 1.66. The molecule has 5 heteroatoms. The van der Waals surface area contributed by atoms with Gasteiger partial charge in [-0.3, -0.25) is 0 Å². The molecule has 0 amide bonds. The molecular formula is C7H7F2NOS. The molecule has 0 spiro atoms. The van der Waals surface area contributed by atoms with Gasteiger partial charge in [0.25, 0.3) is 5.92 Å². The summed E-state index contributed by atoms with van der Waals surface area (Å²) >= 11 is 1.21. The molecule has 1 saturated carbocycles. The highest BCUT2D eigenvalue weighted by molar-refractivity contribution is 7.09. The second-order valence-corrected chi connectivity index (χ2v) is 3.74. The number of rotatable bonds is 2. The van der Waals surface area contributed by atoms with E-state index < -0.39 is 24.4 Å². The molecule has 2 nitrogen and oxygen atoms in total. The van der Waals surface area contributed by atoms with Gasteiger partial charge in [0.15, 0.2) is 0 Å². The minimum atomic E-state index is -2.74. The third-order valence-electron chi connectivity index (χ3n) is 2.12. The van der Waals surface area contributed by atoms with Crippen molar-refractivity contribution in [3.05, 3.63) is 16.6 Å². The van der Waals surface area contributed by atoms with Crippen molar-refractivity contribution < 1.29 is 13.9 Å². The molecule has 1 aliphatic rings. The summed E-state index contributed by atoms with van der Waals surface area (Å²) < 4.78 is 25.7. The van der Waals surface area contributed by atoms with E-state index in [4.69, 9.17) is 5.11 Å². The molecule has 0 aromatic carbocycles. The van der Waals surface area contributed by atoms with Crippen molar-refractivity contribution in [2.75, 3.05) is 6.61 Å². The van der Waals surface area contributed by atoms with Gasteiger partial charge in [-0.25, -0.2) is 13.8 Å². The van der Waals surface area contributed by atoms with Crippen LogP contribution in [0.1, 0.15) is 10.9 Å². The van der Waals surface area contributed by atoms with E-state index in [1.165, 1.54) is 17.5 Å². The first-order chi connectivity index (χ1) is 5.68. The molecule has 1 aromatic rings. The van der Waals surface area contributed by atoms with Crippen molar-refractivity contribution in [3.8, 4) is 0 Å². The number of aromatic nitrogens is 1. The van der Waals surface area contributed by atoms with Crippen LogP contribution in [0.25, 0.3) is 0 Å². The molecule has 2 rings (SSSR count). The molecule has 1 aromatic heterocycles. The Hall–Kier alpha value is -0.550. The van der Waals surface area contributed by atoms with Crippen LogP contribution < -0.4 is 0 Å². The van der Waals surface area contributed by atoms with Gasteiger partial charge in [-0.15, -0.1) is 11.3 Å². The number of halogens is 2. The van der Waals surface area contributed by atoms with E-state index in [0.29, 0.717) is 5.01 Å². The molecule has 0 radical (unpaired) electrons. The molecule has 1 aliphatic carbocycles. The topological polar surface area (TPSA) is 33.1 Å². The number of hydrogen-bond donors (Lipinski definition) is 1. The average molecular weight is 191 g/mol. The van der Waals surface area contributed by atoms with Crippen molar-refractivity contribution in [1.29, 1.82) is 0 Å². The van der Waals surface area contributed by atoms with E-state index in [0.717, 1.165) is 0 Å². The summed E-state index contributed by atoms with van der Waals surface area (Å²) in [5.41, 5.74) is 0. The van der Waals surface area contributed by atoms with Crippen molar-refractivity contribution in [3.63, 3.8) is 0 Å². The minimum absolute atomic E-state index is 0.430. The molecule has 12 heavy (non-hydrogen) atoms. The Labute approximate surface area is 71.9 Å². The second kappa shape index (κ2) is 2.47. The summed E-state index contributed by atoms with van der Waals surface area (Å²) in [5, 5.41) is 10.7. The van der Waals surface area contributed by atoms with E-state index in [9.17, 15) is 8.78 Å². The lowest BCUT2D eigenvalue weighted by Gasteiger charge is -1.89. The summed E-state index contributed by atoms with van der Waals surface area (Å²) in [4.78, 5) is 3.80. The molecular weight excluding hydrogens is 184 g/mol. The van der Waals surface area contributed by atoms with Gasteiger partial charge in [0.2, 0.25) is 0 Å². The van der Waals surface area contributed by atoms with E-state index in [1.54, 1.807) is 5.38 Å². The van der Waals surface area contributed by atoms with E-state index in [2.05, 4.69) is 4.98 Å². The van der Waals surface area contributed by atoms with Crippen LogP contribution in [-0.2, 0) is 0 Å². The summed E-state index contributed by atoms with van der Waals surface area (Å²) in [6.45, 7) is -0.461. The molecule has 0 aliphatic heterocycles. The third kappa shape index (κ3) is 0.964. The quantitative estimate of drug-likeness (QED) is 0.768. The number of aliphatic hydroxyl groups excluding tert-OH is 1. The molecule has 0 saturated heterocycles. The van der Waals surface area contributed by atoms with Crippen LogP contribution in [0.15, 0.2) is 11.6 Å². The van der Waals surface area contributed by atoms with Crippen LogP contribution in [0.3, 0.4) is 0 Å². The Morgan fingerprint density at radius 2 is 2.42 bits per heavy atom. The molecule has 66 valence electrons. The van der Waals surface area contributed by atoms with Crippen molar-refractivity contribution in [2.24, 2.45) is 5.92 Å². The Morgan fingerprint density at radius 1 is 1.67 bits per heavy atom. The Balaban J connectivity index is 2.19. The van der Waals surface area contributed by atoms with Gasteiger partial charge in [0, 0.05) is 11.6 Å². The van der Waals surface area contributed by atoms with Gasteiger partial charge >= 0.3 is 0 Å². The lowest BCUT2D eigenvalue weighted by atomic mass is 10.3. The molecule has 0 unspecified atom stereocenters. The number of thiazole rings is 1. The zero-order valence-corrected chi connectivity index (χ0v) is 6.89.